The van der Waals surface area contributed by atoms with E-state index in [1.165, 1.54) is 6.42 Å². The van der Waals surface area contributed by atoms with Gasteiger partial charge in [-0.25, -0.2) is 4.98 Å². The maximum absolute atomic E-state index is 9.47. The second-order valence-corrected chi connectivity index (χ2v) is 3.63. The van der Waals surface area contributed by atoms with E-state index < -0.39 is 0 Å². The lowest BCUT2D eigenvalue weighted by atomic mass is 10.1. The molecule has 1 aliphatic carbocycles. The van der Waals surface area contributed by atoms with Crippen LogP contribution in [-0.4, -0.2) is 10.1 Å². The molecule has 1 aromatic rings. The van der Waals surface area contributed by atoms with E-state index in [-0.39, 0.29) is 11.4 Å². The van der Waals surface area contributed by atoms with Gasteiger partial charge in [0.25, 0.3) is 0 Å². The molecule has 3 heteroatoms. The van der Waals surface area contributed by atoms with Gasteiger partial charge in [0.15, 0.2) is 11.4 Å². The molecule has 0 aliphatic heterocycles. The van der Waals surface area contributed by atoms with Crippen LogP contribution in [0.2, 0.25) is 0 Å². The van der Waals surface area contributed by atoms with Crippen molar-refractivity contribution >= 4 is 0 Å². The number of aromatic hydroxyl groups is 1. The van der Waals surface area contributed by atoms with Gasteiger partial charge >= 0.3 is 0 Å². The number of nitriles is 1. The summed E-state index contributed by atoms with van der Waals surface area (Å²) in [5.74, 6) is 0.0214. The van der Waals surface area contributed by atoms with Gasteiger partial charge in [-0.15, -0.1) is 0 Å². The normalized spacial score (nSPS) is 15.4. The summed E-state index contributed by atoms with van der Waals surface area (Å²) in [4.78, 5) is 4.18. The molecule has 0 radical (unpaired) electrons. The molecule has 0 aromatic carbocycles. The van der Waals surface area contributed by atoms with E-state index in [2.05, 4.69) is 4.98 Å². The maximum atomic E-state index is 9.47. The highest BCUT2D eigenvalue weighted by molar-refractivity contribution is 5.41. The Labute approximate surface area is 83.0 Å². The van der Waals surface area contributed by atoms with Gasteiger partial charge in [0.1, 0.15) is 6.07 Å². The van der Waals surface area contributed by atoms with E-state index >= 15 is 0 Å². The van der Waals surface area contributed by atoms with Gasteiger partial charge in [0.05, 0.1) is 0 Å². The molecule has 0 saturated carbocycles. The Balaban J connectivity index is 2.47. The summed E-state index contributed by atoms with van der Waals surface area (Å²) in [6.45, 7) is 0. The van der Waals surface area contributed by atoms with Crippen molar-refractivity contribution < 1.29 is 5.11 Å². The van der Waals surface area contributed by atoms with Crippen LogP contribution >= 0.6 is 0 Å². The smallest absolute Gasteiger partial charge is 0.182 e. The van der Waals surface area contributed by atoms with Crippen LogP contribution in [0.5, 0.6) is 5.75 Å². The zero-order valence-corrected chi connectivity index (χ0v) is 7.95. The maximum Gasteiger partial charge on any atom is 0.182 e. The first-order valence-corrected chi connectivity index (χ1v) is 4.93. The van der Waals surface area contributed by atoms with Crippen LogP contribution in [0.3, 0.4) is 0 Å². The first kappa shape index (κ1) is 9.01. The highest BCUT2D eigenvalue weighted by Crippen LogP contribution is 2.24. The van der Waals surface area contributed by atoms with Crippen LogP contribution in [0.4, 0.5) is 0 Å². The summed E-state index contributed by atoms with van der Waals surface area (Å²) in [5, 5.41) is 18.2. The number of aromatic nitrogens is 1. The molecule has 1 heterocycles. The zero-order valence-electron chi connectivity index (χ0n) is 7.95. The summed E-state index contributed by atoms with van der Waals surface area (Å²) >= 11 is 0. The molecule has 0 bridgehead atoms. The summed E-state index contributed by atoms with van der Waals surface area (Å²) in [6.07, 6.45) is 5.40. The molecule has 72 valence electrons. The van der Waals surface area contributed by atoms with Crippen LogP contribution in [0, 0.1) is 11.3 Å². The van der Waals surface area contributed by atoms with Gasteiger partial charge in [-0.2, -0.15) is 5.26 Å². The lowest BCUT2D eigenvalue weighted by Gasteiger charge is -2.05. The Hall–Kier alpha value is -1.56. The largest absolute Gasteiger partial charge is 0.505 e. The van der Waals surface area contributed by atoms with Crippen LogP contribution in [0.15, 0.2) is 6.07 Å². The van der Waals surface area contributed by atoms with Gasteiger partial charge in [0.2, 0.25) is 0 Å². The van der Waals surface area contributed by atoms with Crippen molar-refractivity contribution in [2.45, 2.75) is 32.1 Å². The third-order valence-electron chi connectivity index (χ3n) is 2.64. The topological polar surface area (TPSA) is 56.9 Å². The SMILES string of the molecule is N#Cc1nc2c(cc1O)CCCCC2. The van der Waals surface area contributed by atoms with Gasteiger partial charge in [-0.3, -0.25) is 0 Å². The van der Waals surface area contributed by atoms with Crippen molar-refractivity contribution in [2.24, 2.45) is 0 Å². The predicted molar refractivity (Wildman–Crippen MR) is 51.9 cm³/mol. The average Bonchev–Trinajstić information content (AvgIpc) is 2.41. The highest BCUT2D eigenvalue weighted by atomic mass is 16.3. The number of fused-ring (bicyclic) bond motifs is 1. The Morgan fingerprint density at radius 3 is 2.86 bits per heavy atom. The summed E-state index contributed by atoms with van der Waals surface area (Å²) in [6, 6.07) is 3.61. The lowest BCUT2D eigenvalue weighted by molar-refractivity contribution is 0.469. The molecule has 0 fully saturated rings. The van der Waals surface area contributed by atoms with Crippen LogP contribution in [-0.2, 0) is 12.8 Å². The van der Waals surface area contributed by atoms with E-state index in [4.69, 9.17) is 5.26 Å². The first-order valence-electron chi connectivity index (χ1n) is 4.93. The molecule has 2 rings (SSSR count). The van der Waals surface area contributed by atoms with Crippen molar-refractivity contribution in [1.29, 1.82) is 5.26 Å². The molecule has 0 unspecified atom stereocenters. The van der Waals surface area contributed by atoms with Crippen molar-refractivity contribution in [2.75, 3.05) is 0 Å². The molecule has 1 aromatic heterocycles. The summed E-state index contributed by atoms with van der Waals surface area (Å²) in [5.41, 5.74) is 2.27. The van der Waals surface area contributed by atoms with Crippen LogP contribution in [0.25, 0.3) is 0 Å². The molecule has 0 spiro atoms. The summed E-state index contributed by atoms with van der Waals surface area (Å²) < 4.78 is 0. The second-order valence-electron chi connectivity index (χ2n) is 3.63. The molecule has 14 heavy (non-hydrogen) atoms. The molecule has 1 N–H and O–H groups in total. The van der Waals surface area contributed by atoms with E-state index in [9.17, 15) is 5.11 Å². The minimum absolute atomic E-state index is 0.0214. The van der Waals surface area contributed by atoms with Crippen molar-refractivity contribution in [3.8, 4) is 11.8 Å². The van der Waals surface area contributed by atoms with Crippen LogP contribution < -0.4 is 0 Å². The first-order chi connectivity index (χ1) is 6.81. The standard InChI is InChI=1S/C11H12N2O/c12-7-10-11(14)6-8-4-2-1-3-5-9(8)13-10/h6,14H,1-5H2. The minimum Gasteiger partial charge on any atom is -0.505 e. The fraction of sp³-hybridized carbons (Fsp3) is 0.455. The molecule has 3 nitrogen and oxygen atoms in total. The Kier molecular flexibility index (Phi) is 2.36. The average molecular weight is 188 g/mol. The van der Waals surface area contributed by atoms with E-state index in [0.29, 0.717) is 0 Å². The lowest BCUT2D eigenvalue weighted by Crippen LogP contribution is -1.97. The number of pyridine rings is 1. The van der Waals surface area contributed by atoms with Crippen molar-refractivity contribution in [1.82, 2.24) is 4.98 Å². The Bertz CT molecular complexity index is 393. The number of rotatable bonds is 0. The number of hydrogen-bond donors (Lipinski definition) is 1. The van der Waals surface area contributed by atoms with Gasteiger partial charge in [0, 0.05) is 5.69 Å². The van der Waals surface area contributed by atoms with Crippen molar-refractivity contribution in [3.05, 3.63) is 23.0 Å². The molecule has 1 aliphatic rings. The third-order valence-corrected chi connectivity index (χ3v) is 2.64. The predicted octanol–water partition coefficient (Wildman–Crippen LogP) is 1.93. The molecule has 0 saturated heterocycles. The third kappa shape index (κ3) is 1.56. The number of aryl methyl sites for hydroxylation is 2. The number of hydrogen-bond acceptors (Lipinski definition) is 3. The Morgan fingerprint density at radius 2 is 2.07 bits per heavy atom. The van der Waals surface area contributed by atoms with Gasteiger partial charge < -0.3 is 5.11 Å². The number of nitrogens with zero attached hydrogens (tertiary/aromatic N) is 2. The Morgan fingerprint density at radius 1 is 1.29 bits per heavy atom. The molecular formula is C11H12N2O. The van der Waals surface area contributed by atoms with Gasteiger partial charge in [-0.1, -0.05) is 6.42 Å². The van der Waals surface area contributed by atoms with Crippen molar-refractivity contribution in [3.63, 3.8) is 0 Å². The zero-order chi connectivity index (χ0) is 9.97. The fourth-order valence-corrected chi connectivity index (χ4v) is 1.88. The summed E-state index contributed by atoms with van der Waals surface area (Å²) in [7, 11) is 0. The minimum atomic E-state index is 0.0214. The molecule has 0 atom stereocenters. The highest BCUT2D eigenvalue weighted by Gasteiger charge is 2.13. The second kappa shape index (κ2) is 3.67. The van der Waals surface area contributed by atoms with Crippen LogP contribution in [0.1, 0.15) is 36.2 Å². The monoisotopic (exact) mass is 188 g/mol. The quantitative estimate of drug-likeness (QED) is 0.633. The van der Waals surface area contributed by atoms with E-state index in [0.717, 1.165) is 36.9 Å². The fourth-order valence-electron chi connectivity index (χ4n) is 1.88. The van der Waals surface area contributed by atoms with E-state index in [1.54, 1.807) is 6.07 Å². The molecule has 0 amide bonds. The van der Waals surface area contributed by atoms with Gasteiger partial charge in [-0.05, 0) is 37.3 Å². The molecular weight excluding hydrogens is 176 g/mol. The van der Waals surface area contributed by atoms with E-state index in [1.807, 2.05) is 6.07 Å².